The van der Waals surface area contributed by atoms with Crippen LogP contribution in [-0.4, -0.2) is 58.2 Å². The number of rotatable bonds is 8. The zero-order valence-electron chi connectivity index (χ0n) is 16.0. The van der Waals surface area contributed by atoms with Crippen molar-refractivity contribution in [1.82, 2.24) is 9.88 Å². The first-order valence-electron chi connectivity index (χ1n) is 10.0. The minimum Gasteiger partial charge on any atom is -0.481 e. The molecule has 2 aliphatic rings. The van der Waals surface area contributed by atoms with Gasteiger partial charge in [0.05, 0.1) is 10.8 Å². The standard InChI is InChI=1S/C19H28N4O5/c24-19(25)14-4-6-15(7-5-14)21-16-12-18(20-13-17(16)23(26)27)28-11-10-22-8-2-1-3-9-22/h12-15H,1-11H2,(H,20,21)(H,24,25). The summed E-state index contributed by atoms with van der Waals surface area (Å²) in [6.07, 6.45) is 7.42. The molecule has 0 radical (unpaired) electrons. The van der Waals surface area contributed by atoms with Gasteiger partial charge in [-0.05, 0) is 51.6 Å². The van der Waals surface area contributed by atoms with Crippen molar-refractivity contribution in [3.63, 3.8) is 0 Å². The van der Waals surface area contributed by atoms with Gasteiger partial charge in [0.15, 0.2) is 0 Å². The van der Waals surface area contributed by atoms with Crippen LogP contribution in [0.2, 0.25) is 0 Å². The number of pyridine rings is 1. The predicted octanol–water partition coefficient (Wildman–Crippen LogP) is 2.91. The molecule has 1 saturated carbocycles. The maximum absolute atomic E-state index is 11.3. The summed E-state index contributed by atoms with van der Waals surface area (Å²) in [5.41, 5.74) is 0.287. The number of aliphatic carboxylic acids is 1. The molecule has 1 aromatic heterocycles. The van der Waals surface area contributed by atoms with Crippen LogP contribution in [0.25, 0.3) is 0 Å². The van der Waals surface area contributed by atoms with Gasteiger partial charge in [-0.25, -0.2) is 4.98 Å². The lowest BCUT2D eigenvalue weighted by molar-refractivity contribution is -0.384. The molecule has 0 spiro atoms. The Bertz CT molecular complexity index is 685. The van der Waals surface area contributed by atoms with E-state index in [0.717, 1.165) is 19.6 Å². The molecule has 0 aromatic carbocycles. The fraction of sp³-hybridized carbons (Fsp3) is 0.684. The summed E-state index contributed by atoms with van der Waals surface area (Å²) in [6, 6.07) is 1.59. The molecule has 1 aliphatic carbocycles. The highest BCUT2D eigenvalue weighted by molar-refractivity contribution is 5.70. The van der Waals surface area contributed by atoms with Gasteiger partial charge in [0.1, 0.15) is 18.5 Å². The first kappa shape index (κ1) is 20.3. The summed E-state index contributed by atoms with van der Waals surface area (Å²) in [6.45, 7) is 3.49. The number of anilines is 1. The number of carbonyl (C=O) groups is 1. The van der Waals surface area contributed by atoms with Crippen molar-refractivity contribution >= 4 is 17.3 Å². The highest BCUT2D eigenvalue weighted by Crippen LogP contribution is 2.32. The molecule has 1 aliphatic heterocycles. The molecule has 2 heterocycles. The highest BCUT2D eigenvalue weighted by atomic mass is 16.6. The summed E-state index contributed by atoms with van der Waals surface area (Å²) >= 11 is 0. The van der Waals surface area contributed by atoms with Crippen molar-refractivity contribution < 1.29 is 19.6 Å². The molecule has 1 aromatic rings. The third kappa shape index (κ3) is 5.54. The van der Waals surface area contributed by atoms with Crippen molar-refractivity contribution in [2.45, 2.75) is 51.0 Å². The van der Waals surface area contributed by atoms with Crippen LogP contribution in [0.15, 0.2) is 12.3 Å². The zero-order chi connectivity index (χ0) is 19.9. The third-order valence-electron chi connectivity index (χ3n) is 5.60. The summed E-state index contributed by atoms with van der Waals surface area (Å²) in [7, 11) is 0. The predicted molar refractivity (Wildman–Crippen MR) is 104 cm³/mol. The molecule has 9 heteroatoms. The van der Waals surface area contributed by atoms with Gasteiger partial charge in [-0.2, -0.15) is 0 Å². The number of hydrogen-bond acceptors (Lipinski definition) is 7. The molecule has 0 bridgehead atoms. The second-order valence-electron chi connectivity index (χ2n) is 7.58. The number of nitrogens with zero attached hydrogens (tertiary/aromatic N) is 3. The SMILES string of the molecule is O=C(O)C1CCC(Nc2cc(OCCN3CCCCC3)ncc2[N+](=O)[O-])CC1. The van der Waals surface area contributed by atoms with Crippen LogP contribution in [0.3, 0.4) is 0 Å². The van der Waals surface area contributed by atoms with Gasteiger partial charge < -0.3 is 15.2 Å². The Kier molecular flexibility index (Phi) is 7.02. The Labute approximate surface area is 164 Å². The molecule has 0 amide bonds. The van der Waals surface area contributed by atoms with Gasteiger partial charge in [0, 0.05) is 18.7 Å². The third-order valence-corrected chi connectivity index (χ3v) is 5.60. The Morgan fingerprint density at radius 3 is 2.64 bits per heavy atom. The average molecular weight is 392 g/mol. The van der Waals surface area contributed by atoms with Crippen LogP contribution < -0.4 is 10.1 Å². The Hall–Kier alpha value is -2.42. The summed E-state index contributed by atoms with van der Waals surface area (Å²) in [4.78, 5) is 28.4. The van der Waals surface area contributed by atoms with Gasteiger partial charge >= 0.3 is 11.7 Å². The van der Waals surface area contributed by atoms with E-state index in [-0.39, 0.29) is 17.6 Å². The second-order valence-corrected chi connectivity index (χ2v) is 7.58. The summed E-state index contributed by atoms with van der Waals surface area (Å²) in [5, 5.41) is 23.6. The first-order chi connectivity index (χ1) is 13.5. The highest BCUT2D eigenvalue weighted by Gasteiger charge is 2.27. The lowest BCUT2D eigenvalue weighted by Crippen LogP contribution is -2.33. The molecule has 0 atom stereocenters. The molecule has 154 valence electrons. The molecular weight excluding hydrogens is 364 g/mol. The van der Waals surface area contributed by atoms with Crippen molar-refractivity contribution in [2.24, 2.45) is 5.92 Å². The Morgan fingerprint density at radius 1 is 1.29 bits per heavy atom. The number of carboxylic acid groups (broad SMARTS) is 1. The fourth-order valence-corrected chi connectivity index (χ4v) is 3.94. The number of likely N-dealkylation sites (tertiary alicyclic amines) is 1. The minimum absolute atomic E-state index is 0.0119. The summed E-state index contributed by atoms with van der Waals surface area (Å²) in [5.74, 6) is -0.721. The molecular formula is C19H28N4O5. The lowest BCUT2D eigenvalue weighted by atomic mass is 9.86. The average Bonchev–Trinajstić information content (AvgIpc) is 2.69. The maximum atomic E-state index is 11.3. The molecule has 2 N–H and O–H groups in total. The Balaban J connectivity index is 1.58. The van der Waals surface area contributed by atoms with E-state index in [1.807, 2.05) is 0 Å². The molecule has 2 fully saturated rings. The number of ether oxygens (including phenoxy) is 1. The number of piperidine rings is 1. The van der Waals surface area contributed by atoms with Gasteiger partial charge in [-0.15, -0.1) is 0 Å². The number of hydrogen-bond donors (Lipinski definition) is 2. The Morgan fingerprint density at radius 2 is 2.00 bits per heavy atom. The van der Waals surface area contributed by atoms with E-state index >= 15 is 0 Å². The number of carboxylic acids is 1. The van der Waals surface area contributed by atoms with E-state index in [0.29, 0.717) is 43.9 Å². The molecule has 3 rings (SSSR count). The normalized spacial score (nSPS) is 23.1. The van der Waals surface area contributed by atoms with E-state index in [2.05, 4.69) is 15.2 Å². The first-order valence-corrected chi connectivity index (χ1v) is 10.0. The number of nitrogens with one attached hydrogen (secondary N) is 1. The number of nitro groups is 1. The van der Waals surface area contributed by atoms with Crippen LogP contribution in [0.1, 0.15) is 44.9 Å². The second kappa shape index (κ2) is 9.68. The topological polar surface area (TPSA) is 118 Å². The summed E-state index contributed by atoms with van der Waals surface area (Å²) < 4.78 is 5.73. The number of aromatic nitrogens is 1. The van der Waals surface area contributed by atoms with E-state index in [9.17, 15) is 14.9 Å². The van der Waals surface area contributed by atoms with Crippen molar-refractivity contribution in [3.8, 4) is 5.88 Å². The minimum atomic E-state index is -0.766. The van der Waals surface area contributed by atoms with E-state index in [1.165, 1.54) is 25.5 Å². The molecule has 0 unspecified atom stereocenters. The van der Waals surface area contributed by atoms with Gasteiger partial charge in [-0.3, -0.25) is 19.8 Å². The van der Waals surface area contributed by atoms with Gasteiger partial charge in [0.25, 0.3) is 0 Å². The molecule has 1 saturated heterocycles. The molecule has 9 nitrogen and oxygen atoms in total. The van der Waals surface area contributed by atoms with Crippen molar-refractivity contribution in [1.29, 1.82) is 0 Å². The van der Waals surface area contributed by atoms with Crippen LogP contribution in [0.4, 0.5) is 11.4 Å². The van der Waals surface area contributed by atoms with Crippen LogP contribution in [-0.2, 0) is 4.79 Å². The van der Waals surface area contributed by atoms with E-state index < -0.39 is 10.9 Å². The van der Waals surface area contributed by atoms with Gasteiger partial charge in [-0.1, -0.05) is 6.42 Å². The molecule has 28 heavy (non-hydrogen) atoms. The zero-order valence-corrected chi connectivity index (χ0v) is 16.0. The fourth-order valence-electron chi connectivity index (χ4n) is 3.94. The van der Waals surface area contributed by atoms with Crippen LogP contribution in [0.5, 0.6) is 5.88 Å². The van der Waals surface area contributed by atoms with Crippen molar-refractivity contribution in [3.05, 3.63) is 22.4 Å². The monoisotopic (exact) mass is 392 g/mol. The maximum Gasteiger partial charge on any atom is 0.310 e. The van der Waals surface area contributed by atoms with Crippen molar-refractivity contribution in [2.75, 3.05) is 31.6 Å². The van der Waals surface area contributed by atoms with Crippen LogP contribution in [0, 0.1) is 16.0 Å². The smallest absolute Gasteiger partial charge is 0.310 e. The lowest BCUT2D eigenvalue weighted by Gasteiger charge is -2.27. The largest absolute Gasteiger partial charge is 0.481 e. The van der Waals surface area contributed by atoms with E-state index in [4.69, 9.17) is 9.84 Å². The van der Waals surface area contributed by atoms with Crippen LogP contribution >= 0.6 is 0 Å². The quantitative estimate of drug-likeness (QED) is 0.512. The van der Waals surface area contributed by atoms with Gasteiger partial charge in [0.2, 0.25) is 5.88 Å². The van der Waals surface area contributed by atoms with E-state index in [1.54, 1.807) is 6.07 Å².